The molecule has 0 aromatic carbocycles. The molecule has 0 aliphatic heterocycles. The molecule has 1 aromatic heterocycles. The van der Waals surface area contributed by atoms with Crippen LogP contribution < -0.4 is 0 Å². The Kier molecular flexibility index (Phi) is 3.78. The summed E-state index contributed by atoms with van der Waals surface area (Å²) in [7, 11) is 0. The summed E-state index contributed by atoms with van der Waals surface area (Å²) in [5, 5.41) is 14.4. The predicted molar refractivity (Wildman–Crippen MR) is 64.0 cm³/mol. The van der Waals surface area contributed by atoms with Crippen molar-refractivity contribution >= 4 is 0 Å². The smallest absolute Gasteiger partial charge is 0.0993 e. The number of aliphatic hydroxyl groups is 1. The maximum absolute atomic E-state index is 10.2. The van der Waals surface area contributed by atoms with Gasteiger partial charge in [-0.25, -0.2) is 0 Å². The van der Waals surface area contributed by atoms with Crippen molar-refractivity contribution in [1.29, 1.82) is 0 Å². The van der Waals surface area contributed by atoms with Crippen molar-refractivity contribution in [2.24, 2.45) is 0 Å². The molecule has 0 saturated heterocycles. The first-order chi connectivity index (χ1) is 7.81. The van der Waals surface area contributed by atoms with Crippen LogP contribution in [0.2, 0.25) is 0 Å². The lowest BCUT2D eigenvalue weighted by atomic mass is 9.94. The highest BCUT2D eigenvalue weighted by Gasteiger charge is 2.15. The van der Waals surface area contributed by atoms with E-state index in [1.165, 1.54) is 24.8 Å². The van der Waals surface area contributed by atoms with Gasteiger partial charge in [0.1, 0.15) is 0 Å². The van der Waals surface area contributed by atoms with Crippen LogP contribution >= 0.6 is 0 Å². The highest BCUT2D eigenvalue weighted by Crippen LogP contribution is 2.27. The fraction of sp³-hybridized carbons (Fsp3) is 0.615. The summed E-state index contributed by atoms with van der Waals surface area (Å²) in [5.74, 6) is 0. The minimum Gasteiger partial charge on any atom is -0.386 e. The standard InChI is InChI=1S/C13H20N2O/c1-2-15-12(8-9-14-15)13(16)10-11-6-4-3-5-7-11/h6,8-9,13,16H,2-5,7,10H2,1H3. The monoisotopic (exact) mass is 220 g/mol. The molecule has 1 aliphatic rings. The van der Waals surface area contributed by atoms with Crippen molar-refractivity contribution in [1.82, 2.24) is 9.78 Å². The van der Waals surface area contributed by atoms with E-state index < -0.39 is 6.10 Å². The first-order valence-electron chi connectivity index (χ1n) is 6.19. The number of nitrogens with zero attached hydrogens (tertiary/aromatic N) is 2. The Bertz CT molecular complexity index is 368. The Morgan fingerprint density at radius 3 is 3.06 bits per heavy atom. The Morgan fingerprint density at radius 1 is 1.50 bits per heavy atom. The van der Waals surface area contributed by atoms with Gasteiger partial charge in [0.15, 0.2) is 0 Å². The van der Waals surface area contributed by atoms with Gasteiger partial charge in [-0.15, -0.1) is 0 Å². The molecule has 16 heavy (non-hydrogen) atoms. The summed E-state index contributed by atoms with van der Waals surface area (Å²) in [6.07, 6.45) is 9.32. The molecule has 2 rings (SSSR count). The molecule has 0 amide bonds. The topological polar surface area (TPSA) is 38.0 Å². The Hall–Kier alpha value is -1.09. The lowest BCUT2D eigenvalue weighted by Gasteiger charge is -2.17. The van der Waals surface area contributed by atoms with Gasteiger partial charge in [-0.05, 0) is 45.1 Å². The van der Waals surface area contributed by atoms with E-state index in [0.717, 1.165) is 25.1 Å². The Morgan fingerprint density at radius 2 is 2.38 bits per heavy atom. The minimum atomic E-state index is -0.396. The molecule has 1 N–H and O–H groups in total. The molecule has 1 aliphatic carbocycles. The van der Waals surface area contributed by atoms with Crippen molar-refractivity contribution in [2.75, 3.05) is 0 Å². The van der Waals surface area contributed by atoms with Gasteiger partial charge in [0.05, 0.1) is 11.8 Å². The molecule has 0 spiro atoms. The summed E-state index contributed by atoms with van der Waals surface area (Å²) < 4.78 is 1.87. The van der Waals surface area contributed by atoms with Gasteiger partial charge in [-0.1, -0.05) is 11.6 Å². The second-order valence-electron chi connectivity index (χ2n) is 4.40. The first-order valence-corrected chi connectivity index (χ1v) is 6.19. The predicted octanol–water partition coefficient (Wildman–Crippen LogP) is 2.83. The quantitative estimate of drug-likeness (QED) is 0.792. The van der Waals surface area contributed by atoms with Gasteiger partial charge in [0, 0.05) is 12.7 Å². The maximum Gasteiger partial charge on any atom is 0.0993 e. The van der Waals surface area contributed by atoms with Crippen LogP contribution in [-0.4, -0.2) is 14.9 Å². The maximum atomic E-state index is 10.2. The van der Waals surface area contributed by atoms with E-state index in [0.29, 0.717) is 0 Å². The van der Waals surface area contributed by atoms with Crippen LogP contribution in [0.25, 0.3) is 0 Å². The summed E-state index contributed by atoms with van der Waals surface area (Å²) in [5.41, 5.74) is 2.34. The second kappa shape index (κ2) is 5.30. The van der Waals surface area contributed by atoms with Gasteiger partial charge in [-0.3, -0.25) is 4.68 Å². The molecule has 1 heterocycles. The number of hydrogen-bond acceptors (Lipinski definition) is 2. The van der Waals surface area contributed by atoms with E-state index in [9.17, 15) is 5.11 Å². The van der Waals surface area contributed by atoms with Gasteiger partial charge >= 0.3 is 0 Å². The van der Waals surface area contributed by atoms with Gasteiger partial charge < -0.3 is 5.11 Å². The van der Waals surface area contributed by atoms with E-state index in [-0.39, 0.29) is 0 Å². The fourth-order valence-corrected chi connectivity index (χ4v) is 2.33. The SMILES string of the molecule is CCn1nccc1C(O)CC1=CCCCC1. The van der Waals surface area contributed by atoms with Crippen LogP contribution in [0.15, 0.2) is 23.9 Å². The normalized spacial score (nSPS) is 18.2. The lowest BCUT2D eigenvalue weighted by Crippen LogP contribution is -2.09. The zero-order chi connectivity index (χ0) is 11.4. The van der Waals surface area contributed by atoms with Crippen molar-refractivity contribution in [3.05, 3.63) is 29.6 Å². The fourth-order valence-electron chi connectivity index (χ4n) is 2.33. The van der Waals surface area contributed by atoms with Crippen molar-refractivity contribution in [2.45, 2.75) is 51.7 Å². The summed E-state index contributed by atoms with van der Waals surface area (Å²) in [6, 6.07) is 1.91. The summed E-state index contributed by atoms with van der Waals surface area (Å²) in [4.78, 5) is 0. The van der Waals surface area contributed by atoms with Crippen LogP contribution in [0.5, 0.6) is 0 Å². The lowest BCUT2D eigenvalue weighted by molar-refractivity contribution is 0.165. The van der Waals surface area contributed by atoms with E-state index in [1.807, 2.05) is 17.7 Å². The van der Waals surface area contributed by atoms with Crippen molar-refractivity contribution < 1.29 is 5.11 Å². The molecule has 3 nitrogen and oxygen atoms in total. The number of aliphatic hydroxyl groups excluding tert-OH is 1. The third-order valence-electron chi connectivity index (χ3n) is 3.23. The highest BCUT2D eigenvalue weighted by molar-refractivity contribution is 5.12. The van der Waals surface area contributed by atoms with Gasteiger partial charge in [-0.2, -0.15) is 5.10 Å². The zero-order valence-corrected chi connectivity index (χ0v) is 9.89. The summed E-state index contributed by atoms with van der Waals surface area (Å²) in [6.45, 7) is 2.86. The molecule has 88 valence electrons. The number of aromatic nitrogens is 2. The number of hydrogen-bond donors (Lipinski definition) is 1. The Labute approximate surface area is 96.8 Å². The van der Waals surface area contributed by atoms with Crippen LogP contribution in [0.1, 0.15) is 50.8 Å². The van der Waals surface area contributed by atoms with E-state index in [1.54, 1.807) is 6.20 Å². The average Bonchev–Trinajstić information content (AvgIpc) is 2.78. The van der Waals surface area contributed by atoms with Crippen molar-refractivity contribution in [3.8, 4) is 0 Å². The minimum absolute atomic E-state index is 0.396. The third kappa shape index (κ3) is 2.53. The zero-order valence-electron chi connectivity index (χ0n) is 9.89. The molecule has 3 heteroatoms. The largest absolute Gasteiger partial charge is 0.386 e. The summed E-state index contributed by atoms with van der Waals surface area (Å²) >= 11 is 0. The highest BCUT2D eigenvalue weighted by atomic mass is 16.3. The molecule has 1 atom stereocenters. The third-order valence-corrected chi connectivity index (χ3v) is 3.23. The Balaban J connectivity index is 2.02. The van der Waals surface area contributed by atoms with E-state index in [4.69, 9.17) is 0 Å². The number of allylic oxidation sites excluding steroid dienone is 1. The van der Waals surface area contributed by atoms with Gasteiger partial charge in [0.25, 0.3) is 0 Å². The van der Waals surface area contributed by atoms with Crippen LogP contribution in [0, 0.1) is 0 Å². The average molecular weight is 220 g/mol. The number of aryl methyl sites for hydroxylation is 1. The van der Waals surface area contributed by atoms with E-state index in [2.05, 4.69) is 11.2 Å². The molecule has 0 fully saturated rings. The first kappa shape index (κ1) is 11.4. The van der Waals surface area contributed by atoms with E-state index >= 15 is 0 Å². The van der Waals surface area contributed by atoms with Gasteiger partial charge in [0.2, 0.25) is 0 Å². The van der Waals surface area contributed by atoms with Crippen LogP contribution in [0.3, 0.4) is 0 Å². The molecular formula is C13H20N2O. The molecule has 0 bridgehead atoms. The molecule has 1 unspecified atom stereocenters. The van der Waals surface area contributed by atoms with Crippen LogP contribution in [0.4, 0.5) is 0 Å². The molecule has 0 saturated carbocycles. The molecule has 0 radical (unpaired) electrons. The molecule has 1 aromatic rings. The number of rotatable bonds is 4. The van der Waals surface area contributed by atoms with Crippen molar-refractivity contribution in [3.63, 3.8) is 0 Å². The molecular weight excluding hydrogens is 200 g/mol. The van der Waals surface area contributed by atoms with Crippen LogP contribution in [-0.2, 0) is 6.54 Å². The second-order valence-corrected chi connectivity index (χ2v) is 4.40.